The Morgan fingerprint density at radius 3 is 2.60 bits per heavy atom. The van der Waals surface area contributed by atoms with Gasteiger partial charge in [0.15, 0.2) is 0 Å². The standard InChI is InChI=1S/C16H22N4/c1-4-15-9-16(19-12(2)18-15)20(3)11-14-7-5-6-13(8-14)10-17/h5-9H,4,10-11,17H2,1-3H3. The summed E-state index contributed by atoms with van der Waals surface area (Å²) in [6.07, 6.45) is 0.923. The van der Waals surface area contributed by atoms with Gasteiger partial charge in [-0.15, -0.1) is 0 Å². The fraction of sp³-hybridized carbons (Fsp3) is 0.375. The summed E-state index contributed by atoms with van der Waals surface area (Å²) in [5.74, 6) is 1.79. The molecule has 1 aromatic carbocycles. The first-order valence-electron chi connectivity index (χ1n) is 6.96. The van der Waals surface area contributed by atoms with Gasteiger partial charge in [-0.1, -0.05) is 31.2 Å². The van der Waals surface area contributed by atoms with Crippen LogP contribution in [-0.2, 0) is 19.5 Å². The van der Waals surface area contributed by atoms with Gasteiger partial charge in [0.1, 0.15) is 11.6 Å². The third-order valence-corrected chi connectivity index (χ3v) is 3.28. The third-order valence-electron chi connectivity index (χ3n) is 3.28. The van der Waals surface area contributed by atoms with Gasteiger partial charge in [-0.2, -0.15) is 0 Å². The number of aromatic nitrogens is 2. The Morgan fingerprint density at radius 1 is 1.15 bits per heavy atom. The largest absolute Gasteiger partial charge is 0.355 e. The second kappa shape index (κ2) is 6.48. The first-order chi connectivity index (χ1) is 9.62. The molecule has 0 bridgehead atoms. The van der Waals surface area contributed by atoms with Crippen LogP contribution in [0.25, 0.3) is 0 Å². The molecule has 2 rings (SSSR count). The maximum Gasteiger partial charge on any atom is 0.132 e. The summed E-state index contributed by atoms with van der Waals surface area (Å²) < 4.78 is 0. The minimum absolute atomic E-state index is 0.574. The molecule has 1 aromatic heterocycles. The van der Waals surface area contributed by atoms with Crippen molar-refractivity contribution < 1.29 is 0 Å². The van der Waals surface area contributed by atoms with Crippen molar-refractivity contribution in [1.82, 2.24) is 9.97 Å². The number of nitrogens with two attached hydrogens (primary N) is 1. The number of hydrogen-bond donors (Lipinski definition) is 1. The number of rotatable bonds is 5. The van der Waals surface area contributed by atoms with E-state index < -0.39 is 0 Å². The van der Waals surface area contributed by atoms with Crippen LogP contribution in [0.3, 0.4) is 0 Å². The predicted octanol–water partition coefficient (Wildman–Crippen LogP) is 2.44. The summed E-state index contributed by atoms with van der Waals surface area (Å²) in [5.41, 5.74) is 9.16. The molecule has 0 saturated heterocycles. The van der Waals surface area contributed by atoms with E-state index >= 15 is 0 Å². The summed E-state index contributed by atoms with van der Waals surface area (Å²) in [6, 6.07) is 10.4. The monoisotopic (exact) mass is 270 g/mol. The third kappa shape index (κ3) is 3.54. The van der Waals surface area contributed by atoms with E-state index in [2.05, 4.69) is 47.0 Å². The van der Waals surface area contributed by atoms with Crippen LogP contribution < -0.4 is 10.6 Å². The number of anilines is 1. The maximum atomic E-state index is 5.68. The molecule has 0 atom stereocenters. The van der Waals surface area contributed by atoms with Crippen molar-refractivity contribution in [3.63, 3.8) is 0 Å². The quantitative estimate of drug-likeness (QED) is 0.906. The smallest absolute Gasteiger partial charge is 0.132 e. The number of aryl methyl sites for hydroxylation is 2. The lowest BCUT2D eigenvalue weighted by Gasteiger charge is -2.19. The van der Waals surface area contributed by atoms with E-state index in [0.29, 0.717) is 6.54 Å². The lowest BCUT2D eigenvalue weighted by Crippen LogP contribution is -2.19. The molecule has 4 nitrogen and oxygen atoms in total. The molecule has 0 aliphatic heterocycles. The van der Waals surface area contributed by atoms with Crippen molar-refractivity contribution in [2.45, 2.75) is 33.4 Å². The van der Waals surface area contributed by atoms with Crippen LogP contribution in [0.4, 0.5) is 5.82 Å². The lowest BCUT2D eigenvalue weighted by atomic mass is 10.1. The fourth-order valence-electron chi connectivity index (χ4n) is 2.20. The van der Waals surface area contributed by atoms with E-state index in [1.165, 1.54) is 5.56 Å². The van der Waals surface area contributed by atoms with Gasteiger partial charge in [0, 0.05) is 31.9 Å². The number of benzene rings is 1. The zero-order valence-electron chi connectivity index (χ0n) is 12.4. The molecular formula is C16H22N4. The van der Waals surface area contributed by atoms with Crippen LogP contribution in [0.1, 0.15) is 29.6 Å². The highest BCUT2D eigenvalue weighted by Crippen LogP contribution is 2.15. The van der Waals surface area contributed by atoms with Crippen LogP contribution in [0.5, 0.6) is 0 Å². The van der Waals surface area contributed by atoms with Crippen LogP contribution in [-0.4, -0.2) is 17.0 Å². The molecule has 2 aromatic rings. The van der Waals surface area contributed by atoms with Crippen molar-refractivity contribution in [2.24, 2.45) is 5.73 Å². The number of hydrogen-bond acceptors (Lipinski definition) is 4. The van der Waals surface area contributed by atoms with Gasteiger partial charge in [-0.3, -0.25) is 0 Å². The molecule has 0 amide bonds. The van der Waals surface area contributed by atoms with Crippen LogP contribution >= 0.6 is 0 Å². The molecule has 4 heteroatoms. The Kier molecular flexibility index (Phi) is 4.69. The molecule has 0 unspecified atom stereocenters. The van der Waals surface area contributed by atoms with Crippen molar-refractivity contribution in [3.05, 3.63) is 53.0 Å². The zero-order valence-corrected chi connectivity index (χ0v) is 12.4. The summed E-state index contributed by atoms with van der Waals surface area (Å²) >= 11 is 0. The van der Waals surface area contributed by atoms with Crippen molar-refractivity contribution >= 4 is 5.82 Å². The summed E-state index contributed by atoms with van der Waals surface area (Å²) in [7, 11) is 2.05. The highest BCUT2D eigenvalue weighted by molar-refractivity contribution is 5.40. The molecule has 20 heavy (non-hydrogen) atoms. The normalized spacial score (nSPS) is 10.6. The Balaban J connectivity index is 2.18. The van der Waals surface area contributed by atoms with E-state index in [4.69, 9.17) is 5.73 Å². The minimum Gasteiger partial charge on any atom is -0.355 e. The molecule has 0 fully saturated rings. The fourth-order valence-corrected chi connectivity index (χ4v) is 2.20. The van der Waals surface area contributed by atoms with Gasteiger partial charge in [0.05, 0.1) is 0 Å². The Labute approximate surface area is 120 Å². The van der Waals surface area contributed by atoms with E-state index in [1.54, 1.807) is 0 Å². The van der Waals surface area contributed by atoms with Crippen molar-refractivity contribution in [3.8, 4) is 0 Å². The molecule has 0 saturated carbocycles. The van der Waals surface area contributed by atoms with Crippen molar-refractivity contribution in [1.29, 1.82) is 0 Å². The second-order valence-electron chi connectivity index (χ2n) is 5.00. The summed E-state index contributed by atoms with van der Waals surface area (Å²) in [6.45, 7) is 5.43. The highest BCUT2D eigenvalue weighted by Gasteiger charge is 2.07. The average Bonchev–Trinajstić information content (AvgIpc) is 2.46. The van der Waals surface area contributed by atoms with Gasteiger partial charge in [-0.25, -0.2) is 9.97 Å². The summed E-state index contributed by atoms with van der Waals surface area (Å²) in [4.78, 5) is 11.1. The van der Waals surface area contributed by atoms with Crippen LogP contribution in [0.15, 0.2) is 30.3 Å². The van der Waals surface area contributed by atoms with Gasteiger partial charge in [-0.05, 0) is 24.5 Å². The highest BCUT2D eigenvalue weighted by atomic mass is 15.2. The van der Waals surface area contributed by atoms with E-state index in [1.807, 2.05) is 19.1 Å². The Hall–Kier alpha value is -1.94. The van der Waals surface area contributed by atoms with Crippen LogP contribution in [0.2, 0.25) is 0 Å². The molecule has 1 heterocycles. The van der Waals surface area contributed by atoms with Gasteiger partial charge < -0.3 is 10.6 Å². The minimum atomic E-state index is 0.574. The Morgan fingerprint density at radius 2 is 1.90 bits per heavy atom. The van der Waals surface area contributed by atoms with Gasteiger partial charge >= 0.3 is 0 Å². The van der Waals surface area contributed by atoms with Gasteiger partial charge in [0.2, 0.25) is 0 Å². The molecule has 0 aliphatic carbocycles. The van der Waals surface area contributed by atoms with Gasteiger partial charge in [0.25, 0.3) is 0 Å². The average molecular weight is 270 g/mol. The molecule has 2 N–H and O–H groups in total. The maximum absolute atomic E-state index is 5.68. The lowest BCUT2D eigenvalue weighted by molar-refractivity contribution is 0.859. The topological polar surface area (TPSA) is 55.0 Å². The molecular weight excluding hydrogens is 248 g/mol. The second-order valence-corrected chi connectivity index (χ2v) is 5.00. The first kappa shape index (κ1) is 14.5. The zero-order chi connectivity index (χ0) is 14.5. The van der Waals surface area contributed by atoms with E-state index in [0.717, 1.165) is 35.9 Å². The summed E-state index contributed by atoms with van der Waals surface area (Å²) in [5, 5.41) is 0. The molecule has 106 valence electrons. The Bertz CT molecular complexity index is 580. The molecule has 0 radical (unpaired) electrons. The predicted molar refractivity (Wildman–Crippen MR) is 82.6 cm³/mol. The number of nitrogens with zero attached hydrogens (tertiary/aromatic N) is 3. The van der Waals surface area contributed by atoms with E-state index in [9.17, 15) is 0 Å². The van der Waals surface area contributed by atoms with Crippen molar-refractivity contribution in [2.75, 3.05) is 11.9 Å². The van der Waals surface area contributed by atoms with Crippen LogP contribution in [0, 0.1) is 6.92 Å². The molecule has 0 aliphatic rings. The van der Waals surface area contributed by atoms with E-state index in [-0.39, 0.29) is 0 Å². The first-order valence-corrected chi connectivity index (χ1v) is 6.96. The molecule has 0 spiro atoms. The SMILES string of the molecule is CCc1cc(N(C)Cc2cccc(CN)c2)nc(C)n1.